The highest BCUT2D eigenvalue weighted by Gasteiger charge is 2.34. The molecule has 0 aliphatic carbocycles. The summed E-state index contributed by atoms with van der Waals surface area (Å²) in [6, 6.07) is 12.4. The summed E-state index contributed by atoms with van der Waals surface area (Å²) < 4.78 is 1.50. The van der Waals surface area contributed by atoms with E-state index in [-0.39, 0.29) is 41.3 Å². The van der Waals surface area contributed by atoms with Crippen molar-refractivity contribution in [1.82, 2.24) is 29.4 Å². The van der Waals surface area contributed by atoms with Gasteiger partial charge in [0.15, 0.2) is 17.2 Å². The molecule has 11 heteroatoms. The van der Waals surface area contributed by atoms with Crippen LogP contribution in [-0.2, 0) is 6.42 Å². The number of carbonyl (C=O) groups is 2. The van der Waals surface area contributed by atoms with Crippen LogP contribution in [0.5, 0.6) is 0 Å². The van der Waals surface area contributed by atoms with E-state index in [2.05, 4.69) is 19.9 Å². The van der Waals surface area contributed by atoms with Gasteiger partial charge in [0, 0.05) is 36.6 Å². The van der Waals surface area contributed by atoms with Gasteiger partial charge in [-0.2, -0.15) is 0 Å². The van der Waals surface area contributed by atoms with Crippen LogP contribution >= 0.6 is 0 Å². The molecule has 2 unspecified atom stereocenters. The van der Waals surface area contributed by atoms with E-state index < -0.39 is 17.7 Å². The highest BCUT2D eigenvalue weighted by Crippen LogP contribution is 2.31. The number of nitrogens with two attached hydrogens (primary N) is 1. The number of imidazole rings is 1. The van der Waals surface area contributed by atoms with Crippen LogP contribution in [-0.4, -0.2) is 59.1 Å². The monoisotopic (exact) mass is 473 g/mol. The summed E-state index contributed by atoms with van der Waals surface area (Å²) in [6.07, 6.45) is 3.51. The van der Waals surface area contributed by atoms with Crippen LogP contribution in [0.2, 0.25) is 0 Å². The van der Waals surface area contributed by atoms with Crippen molar-refractivity contribution in [2.75, 3.05) is 6.54 Å². The molecule has 1 aliphatic rings. The van der Waals surface area contributed by atoms with Gasteiger partial charge in [0.25, 0.3) is 5.91 Å². The lowest BCUT2D eigenvalue weighted by Gasteiger charge is -2.38. The second-order valence-electron chi connectivity index (χ2n) is 8.50. The van der Waals surface area contributed by atoms with E-state index in [9.17, 15) is 19.5 Å². The standard InChI is InChI=1S/C24H23N7O4/c25-20(32)18-19-22(29-21(27-18)15-7-4-9-26-13-15)31(23(33)28-19)16-8-10-30(24(34)35)17(12-16)11-14-5-2-1-3-6-14/h1-7,9,13,16-17H,8,10-12H2,(H2,25,32)(H,28,33)(H,34,35). The van der Waals surface area contributed by atoms with Gasteiger partial charge in [-0.15, -0.1) is 0 Å². The van der Waals surface area contributed by atoms with Crippen LogP contribution in [0.3, 0.4) is 0 Å². The minimum Gasteiger partial charge on any atom is -0.465 e. The molecule has 3 aromatic heterocycles. The fraction of sp³-hybridized carbons (Fsp3) is 0.250. The van der Waals surface area contributed by atoms with Crippen LogP contribution in [0, 0.1) is 0 Å². The zero-order valence-corrected chi connectivity index (χ0v) is 18.7. The summed E-state index contributed by atoms with van der Waals surface area (Å²) in [5.41, 5.74) is 7.03. The predicted molar refractivity (Wildman–Crippen MR) is 127 cm³/mol. The minimum atomic E-state index is -0.993. The molecule has 1 aliphatic heterocycles. The van der Waals surface area contributed by atoms with E-state index in [1.165, 1.54) is 9.47 Å². The number of hydrogen-bond donors (Lipinski definition) is 3. The SMILES string of the molecule is NC(=O)c1nc(-c2cccnc2)nc2c1[nH]c(=O)n2C1CCN(C(=O)O)C(Cc2ccccc2)C1. The lowest BCUT2D eigenvalue weighted by Crippen LogP contribution is -2.47. The second kappa shape index (κ2) is 9.01. The van der Waals surface area contributed by atoms with Crippen LogP contribution < -0.4 is 11.4 Å². The number of carboxylic acid groups (broad SMARTS) is 1. The number of nitrogens with zero attached hydrogens (tertiary/aromatic N) is 5. The molecule has 2 atom stereocenters. The molecule has 0 saturated carbocycles. The molecule has 4 heterocycles. The van der Waals surface area contributed by atoms with Gasteiger partial charge in [-0.3, -0.25) is 14.3 Å². The van der Waals surface area contributed by atoms with E-state index in [0.29, 0.717) is 24.8 Å². The van der Waals surface area contributed by atoms with Gasteiger partial charge in [0.05, 0.1) is 0 Å². The lowest BCUT2D eigenvalue weighted by molar-refractivity contribution is 0.0913. The molecule has 2 amide bonds. The minimum absolute atomic E-state index is 0.0893. The molecule has 11 nitrogen and oxygen atoms in total. The number of nitrogens with one attached hydrogen (secondary N) is 1. The molecule has 1 fully saturated rings. The molecule has 0 spiro atoms. The number of hydrogen-bond acceptors (Lipinski definition) is 6. The first-order valence-corrected chi connectivity index (χ1v) is 11.2. The summed E-state index contributed by atoms with van der Waals surface area (Å²) in [6.45, 7) is 0.264. The van der Waals surface area contributed by atoms with Crippen molar-refractivity contribution in [3.05, 3.63) is 76.6 Å². The van der Waals surface area contributed by atoms with Gasteiger partial charge in [-0.05, 0) is 37.0 Å². The Morgan fingerprint density at radius 1 is 1.14 bits per heavy atom. The van der Waals surface area contributed by atoms with Crippen molar-refractivity contribution in [2.24, 2.45) is 5.73 Å². The van der Waals surface area contributed by atoms with E-state index in [1.807, 2.05) is 30.3 Å². The number of aromatic nitrogens is 5. The molecular formula is C24H23N7O4. The van der Waals surface area contributed by atoms with Crippen molar-refractivity contribution in [3.63, 3.8) is 0 Å². The summed E-state index contributed by atoms with van der Waals surface area (Å²) in [7, 11) is 0. The average Bonchev–Trinajstić information content (AvgIpc) is 3.19. The Bertz CT molecular complexity index is 1450. The predicted octanol–water partition coefficient (Wildman–Crippen LogP) is 2.21. The number of piperidine rings is 1. The van der Waals surface area contributed by atoms with E-state index in [1.54, 1.807) is 24.5 Å². The molecule has 0 bridgehead atoms. The molecule has 5 rings (SSSR count). The Morgan fingerprint density at radius 3 is 2.63 bits per heavy atom. The molecular weight excluding hydrogens is 450 g/mol. The van der Waals surface area contributed by atoms with Crippen molar-refractivity contribution in [1.29, 1.82) is 0 Å². The first kappa shape index (κ1) is 22.3. The first-order valence-electron chi connectivity index (χ1n) is 11.2. The van der Waals surface area contributed by atoms with Gasteiger partial charge >= 0.3 is 11.8 Å². The first-order chi connectivity index (χ1) is 16.9. The summed E-state index contributed by atoms with van der Waals surface area (Å²) in [5, 5.41) is 9.76. The van der Waals surface area contributed by atoms with Crippen molar-refractivity contribution in [3.8, 4) is 11.4 Å². The number of amides is 2. The van der Waals surface area contributed by atoms with Crippen LogP contribution in [0.4, 0.5) is 4.79 Å². The topological polar surface area (TPSA) is 160 Å². The quantitative estimate of drug-likeness (QED) is 0.400. The number of fused-ring (bicyclic) bond motifs is 1. The molecule has 35 heavy (non-hydrogen) atoms. The molecule has 4 aromatic rings. The van der Waals surface area contributed by atoms with E-state index >= 15 is 0 Å². The van der Waals surface area contributed by atoms with Crippen molar-refractivity contribution in [2.45, 2.75) is 31.3 Å². The third-order valence-corrected chi connectivity index (χ3v) is 6.34. The summed E-state index contributed by atoms with van der Waals surface area (Å²) in [4.78, 5) is 54.2. The second-order valence-corrected chi connectivity index (χ2v) is 8.50. The maximum absolute atomic E-state index is 13.1. The number of primary amides is 1. The molecule has 1 aromatic carbocycles. The molecule has 178 valence electrons. The van der Waals surface area contributed by atoms with Crippen LogP contribution in [0.15, 0.2) is 59.7 Å². The highest BCUT2D eigenvalue weighted by molar-refractivity contribution is 6.01. The van der Waals surface area contributed by atoms with Crippen molar-refractivity contribution < 1.29 is 14.7 Å². The highest BCUT2D eigenvalue weighted by atomic mass is 16.4. The van der Waals surface area contributed by atoms with Gasteiger partial charge < -0.3 is 20.7 Å². The maximum Gasteiger partial charge on any atom is 0.407 e. The number of likely N-dealkylation sites (tertiary alicyclic amines) is 1. The lowest BCUT2D eigenvalue weighted by atomic mass is 9.92. The van der Waals surface area contributed by atoms with Gasteiger partial charge in [-0.1, -0.05) is 30.3 Å². The largest absolute Gasteiger partial charge is 0.465 e. The third-order valence-electron chi connectivity index (χ3n) is 6.34. The number of carbonyl (C=O) groups excluding carboxylic acids is 1. The molecule has 1 saturated heterocycles. The smallest absolute Gasteiger partial charge is 0.407 e. The average molecular weight is 473 g/mol. The molecule has 4 N–H and O–H groups in total. The van der Waals surface area contributed by atoms with E-state index in [4.69, 9.17) is 5.73 Å². The Hall–Kier alpha value is -4.54. The Morgan fingerprint density at radius 2 is 1.94 bits per heavy atom. The fourth-order valence-corrected chi connectivity index (χ4v) is 4.74. The van der Waals surface area contributed by atoms with E-state index in [0.717, 1.165) is 5.56 Å². The normalized spacial score (nSPS) is 18.0. The molecule has 0 radical (unpaired) electrons. The Labute approximate surface area is 199 Å². The maximum atomic E-state index is 13.1. The van der Waals surface area contributed by atoms with Gasteiger partial charge in [-0.25, -0.2) is 19.6 Å². The van der Waals surface area contributed by atoms with Crippen LogP contribution in [0.25, 0.3) is 22.6 Å². The number of pyridine rings is 1. The summed E-state index contributed by atoms with van der Waals surface area (Å²) >= 11 is 0. The Kier molecular flexibility index (Phi) is 5.73. The number of aromatic amines is 1. The zero-order valence-electron chi connectivity index (χ0n) is 18.7. The zero-order chi connectivity index (χ0) is 24.5. The van der Waals surface area contributed by atoms with Gasteiger partial charge in [0.2, 0.25) is 0 Å². The number of benzene rings is 1. The Balaban J connectivity index is 1.58. The van der Waals surface area contributed by atoms with Crippen molar-refractivity contribution >= 4 is 23.2 Å². The fourth-order valence-electron chi connectivity index (χ4n) is 4.74. The van der Waals surface area contributed by atoms with Gasteiger partial charge in [0.1, 0.15) is 5.52 Å². The van der Waals surface area contributed by atoms with Crippen LogP contribution in [0.1, 0.15) is 34.9 Å². The summed E-state index contributed by atoms with van der Waals surface area (Å²) in [5.74, 6) is -0.574. The number of H-pyrrole nitrogens is 1. The number of rotatable bonds is 5. The third kappa shape index (κ3) is 4.23.